The van der Waals surface area contributed by atoms with E-state index in [0.29, 0.717) is 32.5 Å². The van der Waals surface area contributed by atoms with Crippen LogP contribution in [0.25, 0.3) is 11.0 Å². The van der Waals surface area contributed by atoms with Crippen LogP contribution in [0, 0.1) is 0 Å². The van der Waals surface area contributed by atoms with E-state index in [9.17, 15) is 13.9 Å². The smallest absolute Gasteiger partial charge is 0.306 e. The van der Waals surface area contributed by atoms with Gasteiger partial charge in [0.1, 0.15) is 33.5 Å². The number of fused-ring (bicyclic) bond motifs is 2. The molecule has 5 rings (SSSR count). The van der Waals surface area contributed by atoms with Crippen LogP contribution < -0.4 is 9.47 Å². The fourth-order valence-corrected chi connectivity index (χ4v) is 7.02. The number of esters is 1. The quantitative estimate of drug-likeness (QED) is 0.234. The van der Waals surface area contributed by atoms with Gasteiger partial charge in [0, 0.05) is 24.5 Å². The van der Waals surface area contributed by atoms with Crippen molar-refractivity contribution < 1.29 is 28.1 Å². The highest BCUT2D eigenvalue weighted by Crippen LogP contribution is 2.57. The molecule has 1 unspecified atom stereocenters. The largest absolute Gasteiger partial charge is 0.494 e. The molecule has 12 heteroatoms. The van der Waals surface area contributed by atoms with E-state index in [0.717, 1.165) is 16.6 Å². The van der Waals surface area contributed by atoms with Crippen LogP contribution in [0.1, 0.15) is 42.9 Å². The molecule has 0 saturated heterocycles. The molecule has 1 aromatic heterocycles. The summed E-state index contributed by atoms with van der Waals surface area (Å²) in [5.74, 6) is 0.263. The van der Waals surface area contributed by atoms with Crippen molar-refractivity contribution >= 4 is 39.4 Å². The number of methoxy groups -OCH3 is 1. The van der Waals surface area contributed by atoms with Gasteiger partial charge in [-0.1, -0.05) is 41.1 Å². The first kappa shape index (κ1) is 29.2. The third-order valence-corrected chi connectivity index (χ3v) is 9.39. The third kappa shape index (κ3) is 5.86. The maximum atomic E-state index is 12.8. The number of nitrogens with zero attached hydrogens (tertiary/aromatic N) is 4. The van der Waals surface area contributed by atoms with Crippen LogP contribution in [-0.4, -0.2) is 60.7 Å². The zero-order chi connectivity index (χ0) is 29.3. The summed E-state index contributed by atoms with van der Waals surface area (Å²) in [6.07, 6.45) is -0.226. The molecule has 1 aliphatic heterocycles. The van der Waals surface area contributed by atoms with Crippen LogP contribution >= 0.6 is 22.4 Å². The number of rotatable bonds is 8. The van der Waals surface area contributed by atoms with E-state index in [1.165, 1.54) is 0 Å². The van der Waals surface area contributed by atoms with E-state index in [4.69, 9.17) is 25.8 Å². The minimum absolute atomic E-state index is 0.0704. The molecule has 41 heavy (non-hydrogen) atoms. The Morgan fingerprint density at radius 2 is 1.98 bits per heavy atom. The molecule has 0 amide bonds. The summed E-state index contributed by atoms with van der Waals surface area (Å²) in [6.45, 7) is 4.33. The van der Waals surface area contributed by atoms with Gasteiger partial charge in [-0.05, 0) is 60.9 Å². The monoisotopic (exact) mass is 600 g/mol. The molecule has 1 aliphatic rings. The molecule has 0 fully saturated rings. The predicted octanol–water partition coefficient (Wildman–Crippen LogP) is 6.02. The van der Waals surface area contributed by atoms with Gasteiger partial charge in [0.2, 0.25) is 0 Å². The zero-order valence-electron chi connectivity index (χ0n) is 23.3. The highest BCUT2D eigenvalue weighted by atomic mass is 35.5. The Labute approximate surface area is 245 Å². The lowest BCUT2D eigenvalue weighted by atomic mass is 9.87. The van der Waals surface area contributed by atoms with Crippen molar-refractivity contribution in [3.05, 3.63) is 76.3 Å². The number of hydrogen-bond acceptors (Lipinski definition) is 9. The molecule has 2 atom stereocenters. The Kier molecular flexibility index (Phi) is 8.44. The first-order valence-corrected chi connectivity index (χ1v) is 15.1. The Morgan fingerprint density at radius 3 is 2.73 bits per heavy atom. The maximum absolute atomic E-state index is 12.8. The molecule has 3 aromatic carbocycles. The van der Waals surface area contributed by atoms with E-state index < -0.39 is 16.7 Å². The number of aryl methyl sites for hydroxylation is 1. The molecule has 0 radical (unpaired) electrons. The number of halogens is 1. The average molecular weight is 601 g/mol. The van der Waals surface area contributed by atoms with E-state index in [2.05, 4.69) is 10.3 Å². The van der Waals surface area contributed by atoms with Crippen molar-refractivity contribution in [2.24, 2.45) is 7.05 Å². The van der Waals surface area contributed by atoms with Crippen molar-refractivity contribution in [1.82, 2.24) is 19.3 Å². The van der Waals surface area contributed by atoms with Gasteiger partial charge in [-0.2, -0.15) is 4.31 Å². The Bertz CT molecular complexity index is 1580. The topological polar surface area (TPSA) is 119 Å². The molecular weight excluding hydrogens is 568 g/mol. The highest BCUT2D eigenvalue weighted by Gasteiger charge is 2.34. The number of carbonyl (C=O) groups excluding carboxylic acids is 1. The SMILES string of the molecule is CCOC(=O)CC(c1ccc(Cl)c(CN2C[C@@H](C)Oc3ccccc3S2(O)O)c1)c1cc(OC)c2c(c1)nnn2C. The number of benzene rings is 3. The van der Waals surface area contributed by atoms with E-state index in [-0.39, 0.29) is 38.2 Å². The van der Waals surface area contributed by atoms with E-state index in [1.807, 2.05) is 31.2 Å². The maximum Gasteiger partial charge on any atom is 0.306 e. The average Bonchev–Trinajstić information content (AvgIpc) is 3.28. The number of carbonyl (C=O) groups is 1. The minimum Gasteiger partial charge on any atom is -0.494 e. The first-order chi connectivity index (χ1) is 19.6. The van der Waals surface area contributed by atoms with Gasteiger partial charge >= 0.3 is 5.97 Å². The Balaban J connectivity index is 1.55. The van der Waals surface area contributed by atoms with Crippen LogP contribution in [0.5, 0.6) is 11.5 Å². The highest BCUT2D eigenvalue weighted by molar-refractivity contribution is 8.22. The fraction of sp³-hybridized carbons (Fsp3) is 0.345. The second kappa shape index (κ2) is 11.9. The molecule has 0 saturated carbocycles. The Morgan fingerprint density at radius 1 is 1.20 bits per heavy atom. The predicted molar refractivity (Wildman–Crippen MR) is 158 cm³/mol. The lowest BCUT2D eigenvalue weighted by molar-refractivity contribution is -0.143. The van der Waals surface area contributed by atoms with Crippen LogP contribution in [-0.2, 0) is 23.1 Å². The second-order valence-electron chi connectivity index (χ2n) is 9.93. The normalized spacial score (nSPS) is 18.2. The van der Waals surface area contributed by atoms with Crippen molar-refractivity contribution in [3.8, 4) is 11.5 Å². The van der Waals surface area contributed by atoms with E-state index >= 15 is 0 Å². The summed E-state index contributed by atoms with van der Waals surface area (Å²) in [6, 6.07) is 16.3. The van der Waals surface area contributed by atoms with Gasteiger partial charge in [0.05, 0.1) is 26.7 Å². The summed E-state index contributed by atoms with van der Waals surface area (Å²) in [7, 11) is -0.00193. The summed E-state index contributed by atoms with van der Waals surface area (Å²) in [5.41, 5.74) is 3.66. The van der Waals surface area contributed by atoms with Crippen LogP contribution in [0.4, 0.5) is 0 Å². The zero-order valence-corrected chi connectivity index (χ0v) is 24.9. The van der Waals surface area contributed by atoms with Gasteiger partial charge < -0.3 is 14.2 Å². The fourth-order valence-electron chi connectivity index (χ4n) is 5.18. The molecule has 0 spiro atoms. The molecule has 0 aliphatic carbocycles. The van der Waals surface area contributed by atoms with Crippen LogP contribution in [0.15, 0.2) is 59.5 Å². The first-order valence-electron chi connectivity index (χ1n) is 13.2. The van der Waals surface area contributed by atoms with Crippen molar-refractivity contribution in [3.63, 3.8) is 0 Å². The van der Waals surface area contributed by atoms with Gasteiger partial charge in [-0.3, -0.25) is 13.9 Å². The van der Waals surface area contributed by atoms with Crippen LogP contribution in [0.2, 0.25) is 5.02 Å². The molecule has 4 aromatic rings. The molecular formula is C29H33ClN4O6S. The van der Waals surface area contributed by atoms with Gasteiger partial charge in [0.15, 0.2) is 0 Å². The summed E-state index contributed by atoms with van der Waals surface area (Å²) in [5, 5.41) is 8.85. The molecule has 218 valence electrons. The van der Waals surface area contributed by atoms with Crippen molar-refractivity contribution in [2.75, 3.05) is 20.3 Å². The lowest BCUT2D eigenvalue weighted by Crippen LogP contribution is -2.33. The minimum atomic E-state index is -3.37. The lowest BCUT2D eigenvalue weighted by Gasteiger charge is -2.41. The number of ether oxygens (including phenoxy) is 3. The summed E-state index contributed by atoms with van der Waals surface area (Å²) >= 11 is 6.68. The van der Waals surface area contributed by atoms with Crippen molar-refractivity contribution in [2.45, 2.75) is 43.7 Å². The number of aromatic nitrogens is 3. The number of para-hydroxylation sites is 1. The standard InChI is InChI=1S/C29H33ClN4O6S/c1-5-39-28(35)15-22(20-13-24-29(26(14-20)38-4)33(3)32-31-24)19-10-11-23(30)21(12-19)17-34-16-18(2)40-25-8-6-7-9-27(25)41(34,36)37/h6-14,18,22,36-37H,5,15-17H2,1-4H3/t18-,22?/m1/s1. The van der Waals surface area contributed by atoms with Gasteiger partial charge in [0.25, 0.3) is 0 Å². The second-order valence-corrected chi connectivity index (χ2v) is 12.3. The molecule has 0 bridgehead atoms. The molecule has 2 N–H and O–H groups in total. The van der Waals surface area contributed by atoms with E-state index in [1.54, 1.807) is 60.4 Å². The third-order valence-electron chi connectivity index (χ3n) is 7.10. The Hall–Kier alpha value is -3.35. The van der Waals surface area contributed by atoms with Crippen molar-refractivity contribution in [1.29, 1.82) is 0 Å². The molecule has 2 heterocycles. The van der Waals surface area contributed by atoms with Gasteiger partial charge in [-0.15, -0.1) is 15.9 Å². The molecule has 10 nitrogen and oxygen atoms in total. The number of hydrogen-bond donors (Lipinski definition) is 2. The van der Waals surface area contributed by atoms with Gasteiger partial charge in [-0.25, -0.2) is 4.68 Å². The summed E-state index contributed by atoms with van der Waals surface area (Å²) in [4.78, 5) is 13.1. The summed E-state index contributed by atoms with van der Waals surface area (Å²) < 4.78 is 43.0. The van der Waals surface area contributed by atoms with Crippen LogP contribution in [0.3, 0.4) is 0 Å².